The van der Waals surface area contributed by atoms with Crippen LogP contribution in [0.1, 0.15) is 78.6 Å². The Balaban J connectivity index is 1.76. The first-order chi connectivity index (χ1) is 12.4. The second kappa shape index (κ2) is 8.02. The molecular formula is C24H38O2. The molecule has 0 spiro atoms. The summed E-state index contributed by atoms with van der Waals surface area (Å²) in [4.78, 5) is 0. The average Bonchev–Trinajstić information content (AvgIpc) is 2.95. The van der Waals surface area contributed by atoms with Gasteiger partial charge in [0.1, 0.15) is 0 Å². The molecule has 146 valence electrons. The number of hydrogen-bond acceptors (Lipinski definition) is 2. The molecule has 3 unspecified atom stereocenters. The minimum Gasteiger partial charge on any atom is -0.388 e. The van der Waals surface area contributed by atoms with Gasteiger partial charge >= 0.3 is 0 Å². The van der Waals surface area contributed by atoms with Gasteiger partial charge in [0.25, 0.3) is 0 Å². The van der Waals surface area contributed by atoms with Gasteiger partial charge in [0.15, 0.2) is 0 Å². The Labute approximate surface area is 160 Å². The van der Waals surface area contributed by atoms with Gasteiger partial charge in [-0.1, -0.05) is 63.5 Å². The lowest BCUT2D eigenvalue weighted by molar-refractivity contribution is 0.0940. The number of fused-ring (bicyclic) bond motifs is 1. The first kappa shape index (κ1) is 19.9. The van der Waals surface area contributed by atoms with Crippen molar-refractivity contribution >= 4 is 0 Å². The van der Waals surface area contributed by atoms with Crippen LogP contribution < -0.4 is 0 Å². The summed E-state index contributed by atoms with van der Waals surface area (Å²) in [6.07, 6.45) is 13.9. The first-order valence-corrected chi connectivity index (χ1v) is 10.8. The van der Waals surface area contributed by atoms with Gasteiger partial charge in [0.2, 0.25) is 0 Å². The van der Waals surface area contributed by atoms with Gasteiger partial charge in [0, 0.05) is 0 Å². The maximum atomic E-state index is 10.1. The van der Waals surface area contributed by atoms with Gasteiger partial charge in [-0.05, 0) is 73.7 Å². The Kier molecular flexibility index (Phi) is 6.14. The zero-order chi connectivity index (χ0) is 18.9. The molecule has 3 rings (SSSR count). The van der Waals surface area contributed by atoms with Crippen molar-refractivity contribution < 1.29 is 10.2 Å². The van der Waals surface area contributed by atoms with E-state index in [0.717, 1.165) is 23.3 Å². The van der Waals surface area contributed by atoms with Crippen LogP contribution in [0.2, 0.25) is 0 Å². The van der Waals surface area contributed by atoms with Crippen LogP contribution in [0.5, 0.6) is 0 Å². The molecule has 0 aromatic heterocycles. The van der Waals surface area contributed by atoms with Crippen molar-refractivity contribution in [3.63, 3.8) is 0 Å². The van der Waals surface area contributed by atoms with E-state index >= 15 is 0 Å². The monoisotopic (exact) mass is 358 g/mol. The fourth-order valence-corrected chi connectivity index (χ4v) is 6.30. The topological polar surface area (TPSA) is 40.5 Å². The normalized spacial score (nSPS) is 40.6. The molecule has 2 heteroatoms. The molecule has 2 nitrogen and oxygen atoms in total. The van der Waals surface area contributed by atoms with Crippen molar-refractivity contribution in [1.82, 2.24) is 0 Å². The SMILES string of the molecule is C=C1[C@H](O)CC(=C/C=C2\CCCC3(C)C2CCC3[C@@H](C)CCC)C[C@H]1O. The molecule has 26 heavy (non-hydrogen) atoms. The standard InChI is InChI=1S/C24H38O2/c1-5-7-16(2)20-11-12-21-19(8-6-13-24(20,21)4)10-9-18-14-22(25)17(3)23(26)15-18/h9-10,16,20-23,25-26H,3,5-8,11-15H2,1-2,4H3/b19-10+/t16-,20?,21?,22+,23+,24?/m0/s1. The lowest BCUT2D eigenvalue weighted by atomic mass is 9.61. The zero-order valence-electron chi connectivity index (χ0n) is 17.0. The minimum absolute atomic E-state index is 0.469. The van der Waals surface area contributed by atoms with E-state index in [9.17, 15) is 10.2 Å². The van der Waals surface area contributed by atoms with Crippen LogP contribution in [0.15, 0.2) is 35.5 Å². The molecule has 6 atom stereocenters. The quantitative estimate of drug-likeness (QED) is 0.646. The number of aliphatic hydroxyl groups excluding tert-OH is 2. The van der Waals surface area contributed by atoms with E-state index in [1.807, 2.05) is 0 Å². The maximum absolute atomic E-state index is 10.1. The van der Waals surface area contributed by atoms with E-state index in [2.05, 4.69) is 39.5 Å². The molecule has 0 aromatic rings. The summed E-state index contributed by atoms with van der Waals surface area (Å²) in [6.45, 7) is 11.1. The van der Waals surface area contributed by atoms with Crippen molar-refractivity contribution in [2.24, 2.45) is 23.2 Å². The van der Waals surface area contributed by atoms with E-state index in [4.69, 9.17) is 0 Å². The number of aliphatic hydroxyl groups is 2. The third-order valence-electron chi connectivity index (χ3n) is 7.77. The predicted octanol–water partition coefficient (Wildman–Crippen LogP) is 5.56. The van der Waals surface area contributed by atoms with E-state index in [0.29, 0.717) is 23.8 Å². The second-order valence-electron chi connectivity index (χ2n) is 9.44. The van der Waals surface area contributed by atoms with E-state index in [-0.39, 0.29) is 0 Å². The van der Waals surface area contributed by atoms with Crippen LogP contribution in [0.3, 0.4) is 0 Å². The lowest BCUT2D eigenvalue weighted by Gasteiger charge is -2.44. The fraction of sp³-hybridized carbons (Fsp3) is 0.750. The molecule has 3 saturated carbocycles. The summed E-state index contributed by atoms with van der Waals surface area (Å²) in [5.41, 5.74) is 3.82. The Bertz CT molecular complexity index is 571. The lowest BCUT2D eigenvalue weighted by Crippen LogP contribution is -2.36. The molecule has 0 radical (unpaired) electrons. The number of hydrogen-bond donors (Lipinski definition) is 2. The highest BCUT2D eigenvalue weighted by atomic mass is 16.3. The van der Waals surface area contributed by atoms with Gasteiger partial charge in [-0.2, -0.15) is 0 Å². The summed E-state index contributed by atoms with van der Waals surface area (Å²) in [5.74, 6) is 2.43. The van der Waals surface area contributed by atoms with Gasteiger partial charge in [-0.3, -0.25) is 0 Å². The smallest absolute Gasteiger partial charge is 0.0809 e. The molecule has 0 heterocycles. The molecule has 0 bridgehead atoms. The highest BCUT2D eigenvalue weighted by Gasteiger charge is 2.50. The average molecular weight is 359 g/mol. The first-order valence-electron chi connectivity index (χ1n) is 10.8. The highest BCUT2D eigenvalue weighted by Crippen LogP contribution is 2.59. The summed E-state index contributed by atoms with van der Waals surface area (Å²) in [7, 11) is 0. The number of allylic oxidation sites excluding steroid dienone is 3. The van der Waals surface area contributed by atoms with Crippen molar-refractivity contribution in [2.75, 3.05) is 0 Å². The van der Waals surface area contributed by atoms with E-state index in [1.165, 1.54) is 44.9 Å². The molecule has 0 aromatic carbocycles. The summed E-state index contributed by atoms with van der Waals surface area (Å²) >= 11 is 0. The molecular weight excluding hydrogens is 320 g/mol. The summed E-state index contributed by atoms with van der Waals surface area (Å²) in [6, 6.07) is 0. The third kappa shape index (κ3) is 3.73. The Hall–Kier alpha value is -0.860. The van der Waals surface area contributed by atoms with Crippen LogP contribution in [-0.4, -0.2) is 22.4 Å². The van der Waals surface area contributed by atoms with Crippen molar-refractivity contribution in [1.29, 1.82) is 0 Å². The predicted molar refractivity (Wildman–Crippen MR) is 109 cm³/mol. The van der Waals surface area contributed by atoms with Crippen LogP contribution in [0.4, 0.5) is 0 Å². The third-order valence-corrected chi connectivity index (χ3v) is 7.77. The number of rotatable bonds is 4. The van der Waals surface area contributed by atoms with Crippen molar-refractivity contribution in [3.8, 4) is 0 Å². The molecule has 3 fully saturated rings. The van der Waals surface area contributed by atoms with Gasteiger partial charge in [0.05, 0.1) is 12.2 Å². The largest absolute Gasteiger partial charge is 0.388 e. The van der Waals surface area contributed by atoms with Crippen molar-refractivity contribution in [3.05, 3.63) is 35.5 Å². The van der Waals surface area contributed by atoms with Crippen LogP contribution >= 0.6 is 0 Å². The van der Waals surface area contributed by atoms with Crippen LogP contribution in [0, 0.1) is 23.2 Å². The van der Waals surface area contributed by atoms with E-state index in [1.54, 1.807) is 5.57 Å². The maximum Gasteiger partial charge on any atom is 0.0809 e. The fourth-order valence-electron chi connectivity index (χ4n) is 6.30. The van der Waals surface area contributed by atoms with Crippen LogP contribution in [0.25, 0.3) is 0 Å². The van der Waals surface area contributed by atoms with Gasteiger partial charge < -0.3 is 10.2 Å². The molecule has 0 amide bonds. The zero-order valence-corrected chi connectivity index (χ0v) is 17.0. The second-order valence-corrected chi connectivity index (χ2v) is 9.44. The van der Waals surface area contributed by atoms with E-state index < -0.39 is 12.2 Å². The Morgan fingerprint density at radius 2 is 1.88 bits per heavy atom. The summed E-state index contributed by atoms with van der Waals surface area (Å²) in [5, 5.41) is 20.1. The molecule has 0 aliphatic heterocycles. The minimum atomic E-state index is -0.592. The van der Waals surface area contributed by atoms with Gasteiger partial charge in [-0.15, -0.1) is 0 Å². The Morgan fingerprint density at radius 1 is 1.19 bits per heavy atom. The summed E-state index contributed by atoms with van der Waals surface area (Å²) < 4.78 is 0. The molecule has 3 aliphatic rings. The van der Waals surface area contributed by atoms with Crippen LogP contribution in [-0.2, 0) is 0 Å². The molecule has 2 N–H and O–H groups in total. The molecule has 3 aliphatic carbocycles. The highest BCUT2D eigenvalue weighted by molar-refractivity contribution is 5.29. The molecule has 0 saturated heterocycles. The van der Waals surface area contributed by atoms with Gasteiger partial charge in [-0.25, -0.2) is 0 Å². The Morgan fingerprint density at radius 3 is 2.54 bits per heavy atom. The van der Waals surface area contributed by atoms with Crippen molar-refractivity contribution in [2.45, 2.75) is 90.8 Å².